The third kappa shape index (κ3) is 1.64. The van der Waals surface area contributed by atoms with Crippen LogP contribution in [0.3, 0.4) is 0 Å². The molecule has 1 heterocycles. The molecule has 2 rings (SSSR count). The van der Waals surface area contributed by atoms with Gasteiger partial charge in [0.1, 0.15) is 6.61 Å². The fourth-order valence-electron chi connectivity index (χ4n) is 1.32. The summed E-state index contributed by atoms with van der Waals surface area (Å²) in [6, 6.07) is 10.7. The summed E-state index contributed by atoms with van der Waals surface area (Å²) in [5, 5.41) is 0. The van der Waals surface area contributed by atoms with Crippen LogP contribution < -0.4 is 0 Å². The van der Waals surface area contributed by atoms with Gasteiger partial charge in [-0.1, -0.05) is 30.3 Å². The second-order valence-electron chi connectivity index (χ2n) is 2.93. The molecule has 12 heavy (non-hydrogen) atoms. The highest BCUT2D eigenvalue weighted by Crippen LogP contribution is 2.08. The first-order valence-corrected chi connectivity index (χ1v) is 4.12. The van der Waals surface area contributed by atoms with E-state index in [2.05, 4.69) is 29.3 Å². The molecule has 1 unspecified atom stereocenters. The lowest BCUT2D eigenvalue weighted by Gasteiger charge is -2.04. The van der Waals surface area contributed by atoms with E-state index in [4.69, 9.17) is 4.74 Å². The molecule has 62 valence electrons. The maximum absolute atomic E-state index is 5.04. The fourth-order valence-corrected chi connectivity index (χ4v) is 1.32. The molecule has 0 amide bonds. The Labute approximate surface area is 71.9 Å². The minimum absolute atomic E-state index is 0.326. The van der Waals surface area contributed by atoms with Crippen molar-refractivity contribution in [3.8, 4) is 0 Å². The lowest BCUT2D eigenvalue weighted by Crippen LogP contribution is -2.09. The predicted molar refractivity (Wildman–Crippen MR) is 48.4 cm³/mol. The van der Waals surface area contributed by atoms with E-state index in [-0.39, 0.29) is 0 Å². The molecule has 0 aromatic heterocycles. The summed E-state index contributed by atoms with van der Waals surface area (Å²) in [7, 11) is 0. The number of rotatable bonds is 2. The smallest absolute Gasteiger partial charge is 0.169 e. The van der Waals surface area contributed by atoms with E-state index in [1.165, 1.54) is 5.56 Å². The molecule has 1 aliphatic heterocycles. The summed E-state index contributed by atoms with van der Waals surface area (Å²) < 4.78 is 5.04. The second kappa shape index (κ2) is 3.39. The van der Waals surface area contributed by atoms with Crippen molar-refractivity contribution in [3.05, 3.63) is 35.9 Å². The Bertz CT molecular complexity index is 268. The van der Waals surface area contributed by atoms with Crippen LogP contribution in [-0.2, 0) is 11.2 Å². The summed E-state index contributed by atoms with van der Waals surface area (Å²) in [4.78, 5) is 4.18. The van der Waals surface area contributed by atoms with Gasteiger partial charge in [0.15, 0.2) is 6.40 Å². The van der Waals surface area contributed by atoms with Gasteiger partial charge >= 0.3 is 0 Å². The van der Waals surface area contributed by atoms with Crippen LogP contribution in [0.25, 0.3) is 0 Å². The second-order valence-corrected chi connectivity index (χ2v) is 2.93. The van der Waals surface area contributed by atoms with Gasteiger partial charge in [0.25, 0.3) is 0 Å². The van der Waals surface area contributed by atoms with E-state index in [0.29, 0.717) is 6.04 Å². The molecule has 1 aromatic carbocycles. The zero-order valence-electron chi connectivity index (χ0n) is 6.81. The molecule has 0 saturated carbocycles. The van der Waals surface area contributed by atoms with Gasteiger partial charge in [-0.25, -0.2) is 0 Å². The number of hydrogen-bond donors (Lipinski definition) is 0. The number of hydrogen-bond acceptors (Lipinski definition) is 2. The highest BCUT2D eigenvalue weighted by atomic mass is 16.5. The maximum atomic E-state index is 5.04. The van der Waals surface area contributed by atoms with Crippen molar-refractivity contribution in [1.82, 2.24) is 0 Å². The molecule has 1 aromatic rings. The molecule has 0 spiro atoms. The molecule has 0 bridgehead atoms. The first-order chi connectivity index (χ1) is 5.95. The summed E-state index contributed by atoms with van der Waals surface area (Å²) in [6.07, 6.45) is 2.53. The number of ether oxygens (including phenoxy) is 1. The van der Waals surface area contributed by atoms with Crippen LogP contribution in [0.2, 0.25) is 0 Å². The molecule has 1 aliphatic rings. The number of nitrogens with zero attached hydrogens (tertiary/aromatic N) is 1. The van der Waals surface area contributed by atoms with Gasteiger partial charge < -0.3 is 4.74 Å². The molecular formula is C10H11NO. The van der Waals surface area contributed by atoms with Crippen LogP contribution >= 0.6 is 0 Å². The fraction of sp³-hybridized carbons (Fsp3) is 0.300. The summed E-state index contributed by atoms with van der Waals surface area (Å²) in [5.41, 5.74) is 1.32. The van der Waals surface area contributed by atoms with Crippen molar-refractivity contribution in [2.24, 2.45) is 4.99 Å². The highest BCUT2D eigenvalue weighted by Gasteiger charge is 2.11. The van der Waals surface area contributed by atoms with Crippen LogP contribution in [0.5, 0.6) is 0 Å². The Morgan fingerprint density at radius 2 is 2.17 bits per heavy atom. The quantitative estimate of drug-likeness (QED) is 0.646. The normalized spacial score (nSPS) is 20.8. The van der Waals surface area contributed by atoms with Crippen LogP contribution in [0.1, 0.15) is 5.56 Å². The zero-order valence-corrected chi connectivity index (χ0v) is 6.81. The molecule has 2 heteroatoms. The van der Waals surface area contributed by atoms with Crippen LogP contribution in [0, 0.1) is 0 Å². The third-order valence-electron chi connectivity index (χ3n) is 1.95. The van der Waals surface area contributed by atoms with E-state index >= 15 is 0 Å². The molecular weight excluding hydrogens is 150 g/mol. The molecule has 0 saturated heterocycles. The average molecular weight is 161 g/mol. The Balaban J connectivity index is 1.99. The topological polar surface area (TPSA) is 21.6 Å². The highest BCUT2D eigenvalue weighted by molar-refractivity contribution is 5.49. The van der Waals surface area contributed by atoms with Crippen molar-refractivity contribution >= 4 is 6.40 Å². The monoisotopic (exact) mass is 161 g/mol. The maximum Gasteiger partial charge on any atom is 0.169 e. The van der Waals surface area contributed by atoms with E-state index in [0.717, 1.165) is 13.0 Å². The Hall–Kier alpha value is -1.31. The van der Waals surface area contributed by atoms with Crippen LogP contribution in [0.4, 0.5) is 0 Å². The van der Waals surface area contributed by atoms with Crippen LogP contribution in [-0.4, -0.2) is 19.0 Å². The lowest BCUT2D eigenvalue weighted by atomic mass is 10.1. The minimum atomic E-state index is 0.326. The number of aliphatic imine (C=N–C) groups is 1. The van der Waals surface area contributed by atoms with E-state index < -0.39 is 0 Å². The Kier molecular flexibility index (Phi) is 2.08. The van der Waals surface area contributed by atoms with Crippen molar-refractivity contribution in [1.29, 1.82) is 0 Å². The summed E-state index contributed by atoms with van der Waals surface area (Å²) >= 11 is 0. The van der Waals surface area contributed by atoms with Gasteiger partial charge in [-0.2, -0.15) is 0 Å². The van der Waals surface area contributed by atoms with Crippen molar-refractivity contribution in [2.45, 2.75) is 12.5 Å². The summed E-state index contributed by atoms with van der Waals surface area (Å²) in [6.45, 7) is 0.731. The van der Waals surface area contributed by atoms with Gasteiger partial charge in [-0.15, -0.1) is 0 Å². The standard InChI is InChI=1S/C10H11NO/c1-2-4-9(5-3-1)6-10-7-12-8-11-10/h1-5,8,10H,6-7H2. The van der Waals surface area contributed by atoms with Gasteiger partial charge in [0, 0.05) is 0 Å². The molecule has 0 aliphatic carbocycles. The minimum Gasteiger partial charge on any atom is -0.481 e. The zero-order chi connectivity index (χ0) is 8.23. The molecule has 1 atom stereocenters. The largest absolute Gasteiger partial charge is 0.481 e. The first-order valence-electron chi connectivity index (χ1n) is 4.12. The van der Waals surface area contributed by atoms with Gasteiger partial charge in [-0.05, 0) is 12.0 Å². The van der Waals surface area contributed by atoms with Crippen molar-refractivity contribution in [3.63, 3.8) is 0 Å². The van der Waals surface area contributed by atoms with E-state index in [9.17, 15) is 0 Å². The number of benzene rings is 1. The first kappa shape index (κ1) is 7.35. The van der Waals surface area contributed by atoms with E-state index in [1.54, 1.807) is 6.40 Å². The molecule has 0 N–H and O–H groups in total. The molecule has 0 radical (unpaired) electrons. The summed E-state index contributed by atoms with van der Waals surface area (Å²) in [5.74, 6) is 0. The van der Waals surface area contributed by atoms with Crippen molar-refractivity contribution < 1.29 is 4.74 Å². The molecule has 2 nitrogen and oxygen atoms in total. The Morgan fingerprint density at radius 3 is 2.83 bits per heavy atom. The van der Waals surface area contributed by atoms with Crippen molar-refractivity contribution in [2.75, 3.05) is 6.61 Å². The predicted octanol–water partition coefficient (Wildman–Crippen LogP) is 1.66. The lowest BCUT2D eigenvalue weighted by molar-refractivity contribution is 0.327. The van der Waals surface area contributed by atoms with Gasteiger partial charge in [0.05, 0.1) is 6.04 Å². The van der Waals surface area contributed by atoms with Gasteiger partial charge in [-0.3, -0.25) is 4.99 Å². The molecule has 0 fully saturated rings. The third-order valence-corrected chi connectivity index (χ3v) is 1.95. The van der Waals surface area contributed by atoms with Gasteiger partial charge in [0.2, 0.25) is 0 Å². The van der Waals surface area contributed by atoms with Crippen LogP contribution in [0.15, 0.2) is 35.3 Å². The van der Waals surface area contributed by atoms with E-state index in [1.807, 2.05) is 6.07 Å². The Morgan fingerprint density at radius 1 is 1.33 bits per heavy atom. The SMILES string of the molecule is C1=NC(Cc2ccccc2)CO1. The average Bonchev–Trinajstić information content (AvgIpc) is 2.59.